The molecule has 2 aliphatic rings. The smallest absolute Gasteiger partial charge is 0.153 e. The second-order valence-electron chi connectivity index (χ2n) is 5.44. The molecule has 104 valence electrons. The summed E-state index contributed by atoms with van der Waals surface area (Å²) >= 11 is 0. The molecule has 20 heavy (non-hydrogen) atoms. The molecular weight excluding hydrogens is 255 g/mol. The summed E-state index contributed by atoms with van der Waals surface area (Å²) in [6, 6.07) is 6.98. The Morgan fingerprint density at radius 2 is 2.20 bits per heavy atom. The van der Waals surface area contributed by atoms with Crippen LogP contribution in [0.25, 0.3) is 0 Å². The van der Waals surface area contributed by atoms with Crippen molar-refractivity contribution in [2.24, 2.45) is 0 Å². The van der Waals surface area contributed by atoms with Gasteiger partial charge in [-0.25, -0.2) is 9.07 Å². The maximum Gasteiger partial charge on any atom is 0.153 e. The summed E-state index contributed by atoms with van der Waals surface area (Å²) in [4.78, 5) is 0. The second-order valence-corrected chi connectivity index (χ2v) is 5.44. The van der Waals surface area contributed by atoms with Crippen molar-refractivity contribution in [3.63, 3.8) is 0 Å². The van der Waals surface area contributed by atoms with Gasteiger partial charge in [0.25, 0.3) is 0 Å². The van der Waals surface area contributed by atoms with Crippen molar-refractivity contribution >= 4 is 11.6 Å². The number of nitrogens with one attached hydrogen (secondary N) is 2. The Hall–Kier alpha value is -2.04. The maximum absolute atomic E-state index is 13.5. The highest BCUT2D eigenvalue weighted by atomic mass is 19.1. The zero-order valence-electron chi connectivity index (χ0n) is 11.2. The minimum atomic E-state index is -0.183. The third-order valence-corrected chi connectivity index (χ3v) is 4.14. The molecule has 5 heteroatoms. The van der Waals surface area contributed by atoms with Gasteiger partial charge in [0, 0.05) is 18.7 Å². The molecule has 4 nitrogen and oxygen atoms in total. The van der Waals surface area contributed by atoms with Crippen molar-refractivity contribution in [3.05, 3.63) is 41.2 Å². The molecule has 2 aliphatic heterocycles. The molecule has 0 saturated carbocycles. The summed E-state index contributed by atoms with van der Waals surface area (Å²) in [7, 11) is 0. The van der Waals surface area contributed by atoms with Gasteiger partial charge in [0.1, 0.15) is 11.6 Å². The molecule has 1 aromatic carbocycles. The Bertz CT molecular complexity index is 649. The lowest BCUT2D eigenvalue weighted by Crippen LogP contribution is -2.24. The lowest BCUT2D eigenvalue weighted by molar-refractivity contribution is 0.479. The molecule has 0 spiro atoms. The Kier molecular flexibility index (Phi) is 2.65. The molecule has 3 heterocycles. The zero-order valence-corrected chi connectivity index (χ0v) is 11.2. The average Bonchev–Trinajstić information content (AvgIpc) is 2.86. The number of benzene rings is 1. The SMILES string of the molecule is Fc1cccc(C2CCNc3c4c(nn32)NCCC4)c1. The Balaban J connectivity index is 1.80. The molecule has 4 rings (SSSR count). The number of halogens is 1. The number of nitrogens with zero attached hydrogens (tertiary/aromatic N) is 2. The fourth-order valence-corrected chi connectivity index (χ4v) is 3.20. The lowest BCUT2D eigenvalue weighted by Gasteiger charge is -2.26. The van der Waals surface area contributed by atoms with Crippen LogP contribution in [0.2, 0.25) is 0 Å². The highest BCUT2D eigenvalue weighted by Crippen LogP contribution is 2.36. The highest BCUT2D eigenvalue weighted by molar-refractivity contribution is 5.62. The third-order valence-electron chi connectivity index (χ3n) is 4.14. The number of rotatable bonds is 1. The summed E-state index contributed by atoms with van der Waals surface area (Å²) < 4.78 is 15.5. The van der Waals surface area contributed by atoms with Gasteiger partial charge in [-0.3, -0.25) is 0 Å². The van der Waals surface area contributed by atoms with E-state index in [4.69, 9.17) is 5.10 Å². The first-order valence-electron chi connectivity index (χ1n) is 7.17. The molecule has 0 fully saturated rings. The fourth-order valence-electron chi connectivity index (χ4n) is 3.20. The number of fused-ring (bicyclic) bond motifs is 3. The predicted molar refractivity (Wildman–Crippen MR) is 76.7 cm³/mol. The molecule has 1 aromatic heterocycles. The number of aromatic nitrogens is 2. The molecular formula is C15H17FN4. The van der Waals surface area contributed by atoms with E-state index in [1.54, 1.807) is 12.1 Å². The van der Waals surface area contributed by atoms with Crippen molar-refractivity contribution in [2.75, 3.05) is 23.7 Å². The van der Waals surface area contributed by atoms with Gasteiger partial charge >= 0.3 is 0 Å². The van der Waals surface area contributed by atoms with Crippen molar-refractivity contribution in [2.45, 2.75) is 25.3 Å². The van der Waals surface area contributed by atoms with E-state index >= 15 is 0 Å². The summed E-state index contributed by atoms with van der Waals surface area (Å²) in [6.07, 6.45) is 3.12. The fraction of sp³-hybridized carbons (Fsp3) is 0.400. The predicted octanol–water partition coefficient (Wildman–Crippen LogP) is 2.79. The van der Waals surface area contributed by atoms with E-state index in [2.05, 4.69) is 10.6 Å². The van der Waals surface area contributed by atoms with Gasteiger partial charge in [-0.05, 0) is 37.0 Å². The highest BCUT2D eigenvalue weighted by Gasteiger charge is 2.28. The topological polar surface area (TPSA) is 41.9 Å². The summed E-state index contributed by atoms with van der Waals surface area (Å²) in [5.41, 5.74) is 2.27. The molecule has 0 saturated heterocycles. The Morgan fingerprint density at radius 3 is 3.10 bits per heavy atom. The largest absolute Gasteiger partial charge is 0.370 e. The summed E-state index contributed by atoms with van der Waals surface area (Å²) in [5, 5.41) is 11.5. The number of hydrogen-bond acceptors (Lipinski definition) is 3. The number of anilines is 2. The first kappa shape index (κ1) is 11.8. The van der Waals surface area contributed by atoms with Crippen molar-refractivity contribution in [3.8, 4) is 0 Å². The molecule has 0 amide bonds. The van der Waals surface area contributed by atoms with Gasteiger partial charge in [0.05, 0.1) is 6.04 Å². The van der Waals surface area contributed by atoms with E-state index in [1.807, 2.05) is 10.7 Å². The van der Waals surface area contributed by atoms with E-state index < -0.39 is 0 Å². The van der Waals surface area contributed by atoms with E-state index in [9.17, 15) is 4.39 Å². The van der Waals surface area contributed by atoms with Crippen molar-refractivity contribution < 1.29 is 4.39 Å². The van der Waals surface area contributed by atoms with Gasteiger partial charge in [-0.1, -0.05) is 12.1 Å². The van der Waals surface area contributed by atoms with Crippen LogP contribution in [0.1, 0.15) is 30.0 Å². The second kappa shape index (κ2) is 4.51. The standard InChI is InChI=1S/C15H17FN4/c16-11-4-1-3-10(9-11)13-6-8-18-15-12-5-2-7-17-14(12)19-20(13)15/h1,3-4,9,13,18H,2,5-8H2,(H,17,19). The van der Waals surface area contributed by atoms with E-state index in [0.29, 0.717) is 0 Å². The van der Waals surface area contributed by atoms with Crippen molar-refractivity contribution in [1.29, 1.82) is 0 Å². The summed E-state index contributed by atoms with van der Waals surface area (Å²) in [6.45, 7) is 1.88. The first-order valence-corrected chi connectivity index (χ1v) is 7.17. The molecule has 0 radical (unpaired) electrons. The molecule has 1 atom stereocenters. The lowest BCUT2D eigenvalue weighted by atomic mass is 10.0. The van der Waals surface area contributed by atoms with Crippen LogP contribution in [-0.2, 0) is 6.42 Å². The van der Waals surface area contributed by atoms with Gasteiger partial charge in [-0.2, -0.15) is 5.10 Å². The maximum atomic E-state index is 13.5. The van der Waals surface area contributed by atoms with Gasteiger partial charge < -0.3 is 10.6 Å². The Labute approximate surface area is 117 Å². The van der Waals surface area contributed by atoms with Crippen LogP contribution in [0.5, 0.6) is 0 Å². The molecule has 2 aromatic rings. The Morgan fingerprint density at radius 1 is 1.25 bits per heavy atom. The first-order chi connectivity index (χ1) is 9.83. The van der Waals surface area contributed by atoms with Crippen LogP contribution in [0.3, 0.4) is 0 Å². The monoisotopic (exact) mass is 272 g/mol. The summed E-state index contributed by atoms with van der Waals surface area (Å²) in [5.74, 6) is 1.91. The van der Waals surface area contributed by atoms with E-state index in [-0.39, 0.29) is 11.9 Å². The quantitative estimate of drug-likeness (QED) is 0.839. The third kappa shape index (κ3) is 1.77. The molecule has 0 aliphatic carbocycles. The van der Waals surface area contributed by atoms with Crippen LogP contribution >= 0.6 is 0 Å². The van der Waals surface area contributed by atoms with Crippen LogP contribution < -0.4 is 10.6 Å². The average molecular weight is 272 g/mol. The number of hydrogen-bond donors (Lipinski definition) is 2. The van der Waals surface area contributed by atoms with Crippen LogP contribution in [0.15, 0.2) is 24.3 Å². The zero-order chi connectivity index (χ0) is 13.5. The molecule has 2 N–H and O–H groups in total. The molecule has 1 unspecified atom stereocenters. The van der Waals surface area contributed by atoms with E-state index in [1.165, 1.54) is 11.6 Å². The molecule has 0 bridgehead atoms. The van der Waals surface area contributed by atoms with Crippen LogP contribution in [0.4, 0.5) is 16.0 Å². The van der Waals surface area contributed by atoms with Crippen LogP contribution in [-0.4, -0.2) is 22.9 Å². The van der Waals surface area contributed by atoms with Gasteiger partial charge in [-0.15, -0.1) is 0 Å². The van der Waals surface area contributed by atoms with Crippen molar-refractivity contribution in [1.82, 2.24) is 9.78 Å². The van der Waals surface area contributed by atoms with E-state index in [0.717, 1.165) is 49.6 Å². The minimum absolute atomic E-state index is 0.120. The van der Waals surface area contributed by atoms with Gasteiger partial charge in [0.2, 0.25) is 0 Å². The van der Waals surface area contributed by atoms with Crippen LogP contribution in [0, 0.1) is 5.82 Å². The normalized spacial score (nSPS) is 20.6. The van der Waals surface area contributed by atoms with Gasteiger partial charge in [0.15, 0.2) is 5.82 Å². The minimum Gasteiger partial charge on any atom is -0.370 e.